The molecule has 4 rings (SSSR count). The average Bonchev–Trinajstić information content (AvgIpc) is 3.22. The third-order valence-electron chi connectivity index (χ3n) is 4.44. The lowest BCUT2D eigenvalue weighted by Gasteiger charge is -2.22. The fourth-order valence-corrected chi connectivity index (χ4v) is 3.41. The topological polar surface area (TPSA) is 89.4 Å². The van der Waals surface area contributed by atoms with Crippen molar-refractivity contribution in [3.63, 3.8) is 0 Å². The molecule has 2 aromatic heterocycles. The van der Waals surface area contributed by atoms with Crippen LogP contribution in [0.4, 0.5) is 0 Å². The Morgan fingerprint density at radius 3 is 2.92 bits per heavy atom. The van der Waals surface area contributed by atoms with Gasteiger partial charge in [0.15, 0.2) is 0 Å². The molecule has 0 radical (unpaired) electrons. The molecule has 1 fully saturated rings. The predicted octanol–water partition coefficient (Wildman–Crippen LogP) is 3.12. The van der Waals surface area contributed by atoms with Crippen LogP contribution in [0.1, 0.15) is 40.6 Å². The van der Waals surface area contributed by atoms with Crippen LogP contribution in [0.25, 0.3) is 11.0 Å². The molecule has 25 heavy (non-hydrogen) atoms. The van der Waals surface area contributed by atoms with Gasteiger partial charge < -0.3 is 9.32 Å². The van der Waals surface area contributed by atoms with Gasteiger partial charge in [-0.15, -0.1) is 0 Å². The molecule has 0 saturated carbocycles. The maximum absolute atomic E-state index is 13.0. The van der Waals surface area contributed by atoms with Crippen LogP contribution < -0.4 is 5.63 Å². The molecule has 3 aromatic rings. The van der Waals surface area contributed by atoms with E-state index in [0.29, 0.717) is 33.9 Å². The Morgan fingerprint density at radius 1 is 1.32 bits per heavy atom. The number of fused-ring (bicyclic) bond motifs is 1. The van der Waals surface area contributed by atoms with Gasteiger partial charge in [0.2, 0.25) is 0 Å². The van der Waals surface area contributed by atoms with Crippen molar-refractivity contribution in [2.24, 2.45) is 0 Å². The standard InChI is InChI=1S/C17H14ClN3O4/c1-9-15(20-25-19-9)13-3-2-6-21(13)16(22)12-8-10-7-11(18)4-5-14(10)24-17(12)23/h4-5,7-8,13H,2-3,6H2,1H3. The maximum Gasteiger partial charge on any atom is 0.349 e. The van der Waals surface area contributed by atoms with Gasteiger partial charge in [0.1, 0.15) is 22.5 Å². The van der Waals surface area contributed by atoms with Gasteiger partial charge in [-0.3, -0.25) is 4.79 Å². The third kappa shape index (κ3) is 2.70. The van der Waals surface area contributed by atoms with Crippen LogP contribution in [-0.2, 0) is 0 Å². The SMILES string of the molecule is Cc1nonc1C1CCCN1C(=O)c1cc2cc(Cl)ccc2oc1=O. The minimum atomic E-state index is -0.666. The van der Waals surface area contributed by atoms with Crippen LogP contribution in [-0.4, -0.2) is 27.7 Å². The van der Waals surface area contributed by atoms with E-state index in [2.05, 4.69) is 10.3 Å². The lowest BCUT2D eigenvalue weighted by atomic mass is 10.1. The summed E-state index contributed by atoms with van der Waals surface area (Å²) >= 11 is 5.98. The fraction of sp³-hybridized carbons (Fsp3) is 0.294. The molecule has 3 heterocycles. The molecular weight excluding hydrogens is 346 g/mol. The molecule has 1 aliphatic rings. The number of halogens is 1. The number of amides is 1. The average molecular weight is 360 g/mol. The summed E-state index contributed by atoms with van der Waals surface area (Å²) < 4.78 is 10.0. The second-order valence-corrected chi connectivity index (χ2v) is 6.46. The zero-order chi connectivity index (χ0) is 17.6. The van der Waals surface area contributed by atoms with E-state index in [1.165, 1.54) is 6.07 Å². The van der Waals surface area contributed by atoms with Crippen molar-refractivity contribution in [3.8, 4) is 0 Å². The van der Waals surface area contributed by atoms with Crippen LogP contribution >= 0.6 is 11.6 Å². The Labute approximate surface area is 147 Å². The molecule has 0 N–H and O–H groups in total. The Hall–Kier alpha value is -2.67. The number of rotatable bonds is 2. The summed E-state index contributed by atoms with van der Waals surface area (Å²) in [5.74, 6) is -0.388. The number of hydrogen-bond acceptors (Lipinski definition) is 6. The summed E-state index contributed by atoms with van der Waals surface area (Å²) in [5, 5.41) is 8.79. The molecule has 0 spiro atoms. The van der Waals surface area contributed by atoms with Gasteiger partial charge in [-0.2, -0.15) is 0 Å². The molecule has 128 valence electrons. The molecule has 1 aromatic carbocycles. The molecule has 1 atom stereocenters. The molecule has 1 saturated heterocycles. The number of nitrogens with zero attached hydrogens (tertiary/aromatic N) is 3. The smallest absolute Gasteiger partial charge is 0.349 e. The zero-order valence-corrected chi connectivity index (χ0v) is 14.1. The molecule has 7 nitrogen and oxygen atoms in total. The van der Waals surface area contributed by atoms with Crippen molar-refractivity contribution < 1.29 is 13.8 Å². The fourth-order valence-electron chi connectivity index (χ4n) is 3.23. The molecular formula is C17H14ClN3O4. The number of aryl methyl sites for hydroxylation is 1. The van der Waals surface area contributed by atoms with Gasteiger partial charge in [0.05, 0.1) is 6.04 Å². The number of carbonyl (C=O) groups is 1. The van der Waals surface area contributed by atoms with E-state index in [4.69, 9.17) is 20.6 Å². The summed E-state index contributed by atoms with van der Waals surface area (Å²) in [5.41, 5.74) is 0.970. The highest BCUT2D eigenvalue weighted by Gasteiger charge is 2.35. The highest BCUT2D eigenvalue weighted by atomic mass is 35.5. The van der Waals surface area contributed by atoms with E-state index in [1.807, 2.05) is 0 Å². The summed E-state index contributed by atoms with van der Waals surface area (Å²) in [6, 6.07) is 6.16. The maximum atomic E-state index is 13.0. The van der Waals surface area contributed by atoms with Crippen LogP contribution in [0.15, 0.2) is 38.1 Å². The first kappa shape index (κ1) is 15.8. The Kier molecular flexibility index (Phi) is 3.80. The molecule has 8 heteroatoms. The Balaban J connectivity index is 1.75. The lowest BCUT2D eigenvalue weighted by molar-refractivity contribution is 0.0726. The Morgan fingerprint density at radius 2 is 2.16 bits per heavy atom. The van der Waals surface area contributed by atoms with Crippen LogP contribution in [0, 0.1) is 6.92 Å². The summed E-state index contributed by atoms with van der Waals surface area (Å²) in [6.07, 6.45) is 1.55. The van der Waals surface area contributed by atoms with Crippen molar-refractivity contribution in [1.29, 1.82) is 0 Å². The van der Waals surface area contributed by atoms with Crippen LogP contribution in [0.2, 0.25) is 5.02 Å². The summed E-state index contributed by atoms with van der Waals surface area (Å²) in [6.45, 7) is 2.31. The minimum Gasteiger partial charge on any atom is -0.422 e. The van der Waals surface area contributed by atoms with Crippen molar-refractivity contribution in [2.45, 2.75) is 25.8 Å². The van der Waals surface area contributed by atoms with Gasteiger partial charge in [-0.25, -0.2) is 9.42 Å². The van der Waals surface area contributed by atoms with E-state index in [1.54, 1.807) is 30.0 Å². The second-order valence-electron chi connectivity index (χ2n) is 6.02. The van der Waals surface area contributed by atoms with Crippen molar-refractivity contribution in [2.75, 3.05) is 6.54 Å². The molecule has 1 amide bonds. The normalized spacial score (nSPS) is 17.4. The van der Waals surface area contributed by atoms with E-state index >= 15 is 0 Å². The van der Waals surface area contributed by atoms with E-state index in [-0.39, 0.29) is 17.5 Å². The number of likely N-dealkylation sites (tertiary alicyclic amines) is 1. The number of aromatic nitrogens is 2. The first-order valence-electron chi connectivity index (χ1n) is 7.88. The number of carbonyl (C=O) groups excluding carboxylic acids is 1. The first-order chi connectivity index (χ1) is 12.0. The molecule has 1 aliphatic heterocycles. The monoisotopic (exact) mass is 359 g/mol. The van der Waals surface area contributed by atoms with Gasteiger partial charge >= 0.3 is 5.63 Å². The highest BCUT2D eigenvalue weighted by molar-refractivity contribution is 6.31. The van der Waals surface area contributed by atoms with Crippen LogP contribution in [0.5, 0.6) is 0 Å². The molecule has 0 aliphatic carbocycles. The number of benzene rings is 1. The summed E-state index contributed by atoms with van der Waals surface area (Å²) in [7, 11) is 0. The lowest BCUT2D eigenvalue weighted by Crippen LogP contribution is -2.34. The molecule has 1 unspecified atom stereocenters. The van der Waals surface area contributed by atoms with Crippen LogP contribution in [0.3, 0.4) is 0 Å². The minimum absolute atomic E-state index is 0.0178. The van der Waals surface area contributed by atoms with E-state index < -0.39 is 5.63 Å². The highest BCUT2D eigenvalue weighted by Crippen LogP contribution is 2.33. The van der Waals surface area contributed by atoms with Crippen molar-refractivity contribution in [3.05, 3.63) is 56.7 Å². The zero-order valence-electron chi connectivity index (χ0n) is 13.4. The quantitative estimate of drug-likeness (QED) is 0.653. The predicted molar refractivity (Wildman–Crippen MR) is 89.5 cm³/mol. The Bertz CT molecular complexity index is 1030. The van der Waals surface area contributed by atoms with E-state index in [9.17, 15) is 9.59 Å². The second kappa shape index (κ2) is 6.00. The molecule has 0 bridgehead atoms. The van der Waals surface area contributed by atoms with E-state index in [0.717, 1.165) is 12.8 Å². The summed E-state index contributed by atoms with van der Waals surface area (Å²) in [4.78, 5) is 26.9. The third-order valence-corrected chi connectivity index (χ3v) is 4.68. The first-order valence-corrected chi connectivity index (χ1v) is 8.26. The number of hydrogen-bond donors (Lipinski definition) is 0. The largest absolute Gasteiger partial charge is 0.422 e. The van der Waals surface area contributed by atoms with Crippen molar-refractivity contribution in [1.82, 2.24) is 15.2 Å². The van der Waals surface area contributed by atoms with Gasteiger partial charge in [-0.05, 0) is 44.0 Å². The van der Waals surface area contributed by atoms with Crippen molar-refractivity contribution >= 4 is 28.5 Å². The van der Waals surface area contributed by atoms with Gasteiger partial charge in [-0.1, -0.05) is 21.9 Å². The van der Waals surface area contributed by atoms with Gasteiger partial charge in [0, 0.05) is 17.0 Å². The van der Waals surface area contributed by atoms with Gasteiger partial charge in [0.25, 0.3) is 5.91 Å².